The summed E-state index contributed by atoms with van der Waals surface area (Å²) in [6, 6.07) is 0. The zero-order chi connectivity index (χ0) is 13.0. The minimum atomic E-state index is -0.859. The van der Waals surface area contributed by atoms with Crippen LogP contribution in [0.25, 0.3) is 0 Å². The van der Waals surface area contributed by atoms with E-state index in [1.54, 1.807) is 0 Å². The van der Waals surface area contributed by atoms with Crippen molar-refractivity contribution in [2.45, 2.75) is 53.0 Å². The Bertz CT molecular complexity index is 383. The number of aliphatic carboxylic acids is 1. The quantitative estimate of drug-likeness (QED) is 0.825. The molecule has 17 heavy (non-hydrogen) atoms. The van der Waals surface area contributed by atoms with Crippen LogP contribution in [-0.4, -0.2) is 26.1 Å². The summed E-state index contributed by atoms with van der Waals surface area (Å²) in [5.74, 6) is -0.0172. The van der Waals surface area contributed by atoms with E-state index in [1.165, 1.54) is 0 Å². The highest BCUT2D eigenvalue weighted by atomic mass is 16.4. The summed E-state index contributed by atoms with van der Waals surface area (Å²) in [5.41, 5.74) is 1.55. The SMILES string of the molecule is CC(C)CCn1nnc(CC(=O)O)c1C(C)C. The van der Waals surface area contributed by atoms with Crippen molar-refractivity contribution in [1.29, 1.82) is 0 Å². The van der Waals surface area contributed by atoms with Gasteiger partial charge in [-0.05, 0) is 18.3 Å². The van der Waals surface area contributed by atoms with Crippen molar-refractivity contribution in [3.63, 3.8) is 0 Å². The molecule has 0 radical (unpaired) electrons. The molecule has 1 aromatic rings. The number of aromatic nitrogens is 3. The minimum absolute atomic E-state index is 0.0464. The van der Waals surface area contributed by atoms with Crippen LogP contribution in [0.2, 0.25) is 0 Å². The molecule has 5 nitrogen and oxygen atoms in total. The maximum absolute atomic E-state index is 10.7. The van der Waals surface area contributed by atoms with Gasteiger partial charge in [-0.1, -0.05) is 32.9 Å². The Hall–Kier alpha value is -1.39. The molecule has 0 atom stereocenters. The predicted octanol–water partition coefficient (Wildman–Crippen LogP) is 2.07. The highest BCUT2D eigenvalue weighted by Gasteiger charge is 2.18. The van der Waals surface area contributed by atoms with E-state index in [9.17, 15) is 4.79 Å². The van der Waals surface area contributed by atoms with E-state index < -0.39 is 5.97 Å². The van der Waals surface area contributed by atoms with Gasteiger partial charge in [-0.25, -0.2) is 4.68 Å². The van der Waals surface area contributed by atoms with Crippen LogP contribution in [0.5, 0.6) is 0 Å². The van der Waals surface area contributed by atoms with E-state index in [-0.39, 0.29) is 12.3 Å². The van der Waals surface area contributed by atoms with Crippen LogP contribution >= 0.6 is 0 Å². The maximum atomic E-state index is 10.7. The Morgan fingerprint density at radius 1 is 1.35 bits per heavy atom. The van der Waals surface area contributed by atoms with Crippen molar-refractivity contribution in [2.24, 2.45) is 5.92 Å². The molecule has 96 valence electrons. The molecule has 1 heterocycles. The lowest BCUT2D eigenvalue weighted by Gasteiger charge is -2.11. The Morgan fingerprint density at radius 2 is 2.00 bits per heavy atom. The highest BCUT2D eigenvalue weighted by molar-refractivity contribution is 5.69. The lowest BCUT2D eigenvalue weighted by molar-refractivity contribution is -0.136. The first-order chi connectivity index (χ1) is 7.91. The molecular formula is C12H21N3O2. The second-order valence-corrected chi connectivity index (χ2v) is 5.05. The summed E-state index contributed by atoms with van der Waals surface area (Å²) in [4.78, 5) is 10.7. The number of rotatable bonds is 6. The van der Waals surface area contributed by atoms with Gasteiger partial charge in [0.1, 0.15) is 0 Å². The number of carbonyl (C=O) groups is 1. The predicted molar refractivity (Wildman–Crippen MR) is 64.9 cm³/mol. The molecule has 0 spiro atoms. The summed E-state index contributed by atoms with van der Waals surface area (Å²) >= 11 is 0. The van der Waals surface area contributed by atoms with Gasteiger partial charge in [-0.2, -0.15) is 0 Å². The molecule has 0 aliphatic carbocycles. The second kappa shape index (κ2) is 5.80. The molecule has 0 fully saturated rings. The normalized spacial score (nSPS) is 11.4. The van der Waals surface area contributed by atoms with Gasteiger partial charge in [0.15, 0.2) is 0 Å². The van der Waals surface area contributed by atoms with Crippen LogP contribution in [0.1, 0.15) is 51.4 Å². The molecule has 0 unspecified atom stereocenters. The summed E-state index contributed by atoms with van der Waals surface area (Å²) in [6.45, 7) is 9.19. The van der Waals surface area contributed by atoms with Gasteiger partial charge in [-0.3, -0.25) is 4.79 Å². The average molecular weight is 239 g/mol. The number of hydrogen-bond acceptors (Lipinski definition) is 3. The van der Waals surface area contributed by atoms with E-state index in [0.29, 0.717) is 11.6 Å². The Kier molecular flexibility index (Phi) is 4.66. The highest BCUT2D eigenvalue weighted by Crippen LogP contribution is 2.19. The molecule has 1 aromatic heterocycles. The molecule has 0 saturated heterocycles. The van der Waals surface area contributed by atoms with Gasteiger partial charge >= 0.3 is 5.97 Å². The van der Waals surface area contributed by atoms with Crippen LogP contribution in [0.3, 0.4) is 0 Å². The summed E-state index contributed by atoms with van der Waals surface area (Å²) in [6.07, 6.45) is 0.977. The lowest BCUT2D eigenvalue weighted by atomic mass is 10.1. The van der Waals surface area contributed by atoms with E-state index >= 15 is 0 Å². The molecule has 0 aromatic carbocycles. The molecule has 0 saturated carbocycles. The van der Waals surface area contributed by atoms with E-state index in [0.717, 1.165) is 18.7 Å². The van der Waals surface area contributed by atoms with Crippen molar-refractivity contribution in [2.75, 3.05) is 0 Å². The second-order valence-electron chi connectivity index (χ2n) is 5.05. The molecule has 1 N–H and O–H groups in total. The fourth-order valence-corrected chi connectivity index (χ4v) is 1.80. The third kappa shape index (κ3) is 3.84. The number of nitrogens with zero attached hydrogens (tertiary/aromatic N) is 3. The van der Waals surface area contributed by atoms with E-state index in [1.807, 2.05) is 18.5 Å². The lowest BCUT2D eigenvalue weighted by Crippen LogP contribution is -2.11. The molecule has 5 heteroatoms. The maximum Gasteiger partial charge on any atom is 0.309 e. The van der Waals surface area contributed by atoms with Crippen LogP contribution in [0.4, 0.5) is 0 Å². The Balaban J connectivity index is 2.90. The van der Waals surface area contributed by atoms with Crippen LogP contribution < -0.4 is 0 Å². The first-order valence-electron chi connectivity index (χ1n) is 6.05. The van der Waals surface area contributed by atoms with E-state index in [2.05, 4.69) is 24.2 Å². The fraction of sp³-hybridized carbons (Fsp3) is 0.750. The molecule has 0 aliphatic rings. The summed E-state index contributed by atoms with van der Waals surface area (Å²) < 4.78 is 1.85. The van der Waals surface area contributed by atoms with E-state index in [4.69, 9.17) is 5.11 Å². The van der Waals surface area contributed by atoms with Crippen molar-refractivity contribution in [3.05, 3.63) is 11.4 Å². The number of carboxylic acid groups (broad SMARTS) is 1. The van der Waals surface area contributed by atoms with Gasteiger partial charge in [0, 0.05) is 6.54 Å². The van der Waals surface area contributed by atoms with Crippen LogP contribution in [-0.2, 0) is 17.8 Å². The first kappa shape index (κ1) is 13.7. The summed E-state index contributed by atoms with van der Waals surface area (Å²) in [7, 11) is 0. The Labute approximate surface area is 102 Å². The number of hydrogen-bond donors (Lipinski definition) is 1. The zero-order valence-electron chi connectivity index (χ0n) is 11.0. The van der Waals surface area contributed by atoms with Gasteiger partial charge in [0.05, 0.1) is 17.8 Å². The smallest absolute Gasteiger partial charge is 0.309 e. The standard InChI is InChI=1S/C12H21N3O2/c1-8(2)5-6-15-12(9(3)4)10(13-14-15)7-11(16)17/h8-9H,5-7H2,1-4H3,(H,16,17). The molecular weight excluding hydrogens is 218 g/mol. The zero-order valence-corrected chi connectivity index (χ0v) is 11.0. The van der Waals surface area contributed by atoms with Gasteiger partial charge in [0.2, 0.25) is 0 Å². The third-order valence-electron chi connectivity index (χ3n) is 2.63. The summed E-state index contributed by atoms with van der Waals surface area (Å²) in [5, 5.41) is 16.9. The molecule has 1 rings (SSSR count). The molecule has 0 bridgehead atoms. The van der Waals surface area contributed by atoms with Crippen molar-refractivity contribution >= 4 is 5.97 Å². The first-order valence-corrected chi connectivity index (χ1v) is 6.05. The monoisotopic (exact) mass is 239 g/mol. The molecule has 0 amide bonds. The number of aryl methyl sites for hydroxylation is 1. The minimum Gasteiger partial charge on any atom is -0.481 e. The largest absolute Gasteiger partial charge is 0.481 e. The molecule has 0 aliphatic heterocycles. The van der Waals surface area contributed by atoms with Crippen molar-refractivity contribution in [1.82, 2.24) is 15.0 Å². The van der Waals surface area contributed by atoms with Crippen LogP contribution in [0, 0.1) is 5.92 Å². The van der Waals surface area contributed by atoms with Gasteiger partial charge in [-0.15, -0.1) is 5.10 Å². The average Bonchev–Trinajstić information content (AvgIpc) is 2.56. The van der Waals surface area contributed by atoms with Gasteiger partial charge < -0.3 is 5.11 Å². The fourth-order valence-electron chi connectivity index (χ4n) is 1.80. The Morgan fingerprint density at radius 3 is 2.47 bits per heavy atom. The third-order valence-corrected chi connectivity index (χ3v) is 2.63. The van der Waals surface area contributed by atoms with Crippen molar-refractivity contribution < 1.29 is 9.90 Å². The van der Waals surface area contributed by atoms with Gasteiger partial charge in [0.25, 0.3) is 0 Å². The van der Waals surface area contributed by atoms with Crippen LogP contribution in [0.15, 0.2) is 0 Å². The van der Waals surface area contributed by atoms with Crippen molar-refractivity contribution in [3.8, 4) is 0 Å². The number of carboxylic acids is 1. The topological polar surface area (TPSA) is 68.0 Å².